The summed E-state index contributed by atoms with van der Waals surface area (Å²) in [4.78, 5) is 24.8. The molecular formula is C27H27N7O2. The van der Waals surface area contributed by atoms with Crippen LogP contribution in [0.5, 0.6) is 5.75 Å². The van der Waals surface area contributed by atoms with Crippen LogP contribution >= 0.6 is 0 Å². The largest absolute Gasteiger partial charge is 0.496 e. The highest BCUT2D eigenvalue weighted by atomic mass is 16.5. The van der Waals surface area contributed by atoms with Crippen LogP contribution < -0.4 is 15.0 Å². The van der Waals surface area contributed by atoms with Gasteiger partial charge in [0.1, 0.15) is 28.9 Å². The van der Waals surface area contributed by atoms with E-state index in [0.717, 1.165) is 48.8 Å². The lowest BCUT2D eigenvalue weighted by Crippen LogP contribution is -2.31. The summed E-state index contributed by atoms with van der Waals surface area (Å²) in [5.74, 6) is 3.38. The zero-order valence-electron chi connectivity index (χ0n) is 20.3. The Morgan fingerprint density at radius 2 is 2.00 bits per heavy atom. The summed E-state index contributed by atoms with van der Waals surface area (Å²) < 4.78 is 7.73. The molecule has 0 radical (unpaired) electrons. The number of ether oxygens (including phenoxy) is 1. The van der Waals surface area contributed by atoms with Crippen molar-refractivity contribution in [3.05, 3.63) is 77.2 Å². The number of anilines is 2. The molecule has 9 heteroatoms. The number of carbonyl (C=O) groups excluding carboxylic acids is 1. The standard InChI is InChI=1S/C27H27N7O2/c1-17-9-10-25-31-32-26(34(17)25)21-6-5-7-23(29-21)30-27(35)20-14-19-16-33(24-8-3-4-12-28-24)13-11-18(19)15-22(20)36-2/h3-8,12,14-15,17H,9-11,13,16H2,1-2H3,(H,29,30,35)/t17-/m1/s1. The summed E-state index contributed by atoms with van der Waals surface area (Å²) in [7, 11) is 1.59. The molecule has 2 aliphatic rings. The third-order valence-corrected chi connectivity index (χ3v) is 6.96. The van der Waals surface area contributed by atoms with Crippen molar-refractivity contribution in [2.45, 2.75) is 38.8 Å². The smallest absolute Gasteiger partial charge is 0.260 e. The number of nitrogens with one attached hydrogen (secondary N) is 1. The van der Waals surface area contributed by atoms with E-state index < -0.39 is 0 Å². The summed E-state index contributed by atoms with van der Waals surface area (Å²) in [6, 6.07) is 15.7. The summed E-state index contributed by atoms with van der Waals surface area (Å²) >= 11 is 0. The molecule has 5 heterocycles. The molecule has 1 N–H and O–H groups in total. The van der Waals surface area contributed by atoms with E-state index in [1.807, 2.05) is 42.5 Å². The number of amides is 1. The third kappa shape index (κ3) is 3.96. The SMILES string of the molecule is COc1cc2c(cc1C(=O)Nc1cccc(-c3nnc4n3[C@H](C)CC4)n1)CN(c1ccccn1)CC2. The van der Waals surface area contributed by atoms with Gasteiger partial charge < -0.3 is 19.5 Å². The van der Waals surface area contributed by atoms with Gasteiger partial charge >= 0.3 is 0 Å². The number of hydrogen-bond acceptors (Lipinski definition) is 7. The van der Waals surface area contributed by atoms with Crippen molar-refractivity contribution in [2.75, 3.05) is 23.9 Å². The number of methoxy groups -OCH3 is 1. The molecule has 2 aliphatic heterocycles. The molecule has 1 aromatic carbocycles. The Hall–Kier alpha value is -4.27. The Balaban J connectivity index is 1.27. The van der Waals surface area contributed by atoms with Gasteiger partial charge in [0.25, 0.3) is 5.91 Å². The summed E-state index contributed by atoms with van der Waals surface area (Å²) in [6.07, 6.45) is 4.62. The van der Waals surface area contributed by atoms with Crippen LogP contribution in [0.25, 0.3) is 11.5 Å². The molecule has 0 aliphatic carbocycles. The molecule has 0 saturated carbocycles. The number of hydrogen-bond donors (Lipinski definition) is 1. The van der Waals surface area contributed by atoms with Gasteiger partial charge in [0.05, 0.1) is 12.7 Å². The predicted octanol–water partition coefficient (Wildman–Crippen LogP) is 4.07. The Bertz CT molecular complexity index is 1430. The number of pyridine rings is 2. The van der Waals surface area contributed by atoms with Gasteiger partial charge in [-0.1, -0.05) is 12.1 Å². The van der Waals surface area contributed by atoms with Gasteiger partial charge in [0.15, 0.2) is 5.82 Å². The normalized spacial score (nSPS) is 16.4. The van der Waals surface area contributed by atoms with E-state index in [1.54, 1.807) is 19.4 Å². The minimum absolute atomic E-state index is 0.269. The minimum Gasteiger partial charge on any atom is -0.496 e. The first kappa shape index (κ1) is 22.2. The minimum atomic E-state index is -0.269. The van der Waals surface area contributed by atoms with Crippen molar-refractivity contribution in [1.82, 2.24) is 24.7 Å². The van der Waals surface area contributed by atoms with Crippen LogP contribution in [0.1, 0.15) is 46.7 Å². The topological polar surface area (TPSA) is 98.1 Å². The summed E-state index contributed by atoms with van der Waals surface area (Å²) in [5.41, 5.74) is 3.44. The molecule has 0 bridgehead atoms. The molecule has 182 valence electrons. The van der Waals surface area contributed by atoms with Gasteiger partial charge in [-0.3, -0.25) is 4.79 Å². The predicted molar refractivity (Wildman–Crippen MR) is 136 cm³/mol. The highest BCUT2D eigenvalue weighted by molar-refractivity contribution is 6.06. The van der Waals surface area contributed by atoms with Crippen LogP contribution in [0.15, 0.2) is 54.7 Å². The molecule has 4 aromatic rings. The summed E-state index contributed by atoms with van der Waals surface area (Å²) in [5, 5.41) is 11.6. The van der Waals surface area contributed by atoms with Gasteiger partial charge in [-0.25, -0.2) is 9.97 Å². The summed E-state index contributed by atoms with van der Waals surface area (Å²) in [6.45, 7) is 3.70. The number of aromatic nitrogens is 5. The lowest BCUT2D eigenvalue weighted by molar-refractivity contribution is 0.102. The fraction of sp³-hybridized carbons (Fsp3) is 0.296. The Morgan fingerprint density at radius 1 is 1.08 bits per heavy atom. The molecule has 1 atom stereocenters. The average Bonchev–Trinajstić information content (AvgIpc) is 3.51. The molecular weight excluding hydrogens is 454 g/mol. The fourth-order valence-corrected chi connectivity index (χ4v) is 5.08. The first-order valence-corrected chi connectivity index (χ1v) is 12.2. The fourth-order valence-electron chi connectivity index (χ4n) is 5.08. The van der Waals surface area contributed by atoms with Crippen molar-refractivity contribution in [3.63, 3.8) is 0 Å². The van der Waals surface area contributed by atoms with E-state index >= 15 is 0 Å². The van der Waals surface area contributed by atoms with E-state index in [2.05, 4.69) is 41.9 Å². The van der Waals surface area contributed by atoms with Crippen LogP contribution in [-0.2, 0) is 19.4 Å². The van der Waals surface area contributed by atoms with E-state index in [-0.39, 0.29) is 5.91 Å². The second-order valence-electron chi connectivity index (χ2n) is 9.24. The zero-order chi connectivity index (χ0) is 24.6. The van der Waals surface area contributed by atoms with Crippen molar-refractivity contribution < 1.29 is 9.53 Å². The average molecular weight is 482 g/mol. The van der Waals surface area contributed by atoms with E-state index in [0.29, 0.717) is 35.4 Å². The number of rotatable bonds is 5. The van der Waals surface area contributed by atoms with Crippen LogP contribution in [0, 0.1) is 0 Å². The first-order chi connectivity index (χ1) is 17.6. The van der Waals surface area contributed by atoms with Crippen LogP contribution in [0.3, 0.4) is 0 Å². The highest BCUT2D eigenvalue weighted by Crippen LogP contribution is 2.32. The quantitative estimate of drug-likeness (QED) is 0.459. The first-order valence-electron chi connectivity index (χ1n) is 12.2. The monoisotopic (exact) mass is 481 g/mol. The van der Waals surface area contributed by atoms with Crippen molar-refractivity contribution in [1.29, 1.82) is 0 Å². The van der Waals surface area contributed by atoms with E-state index in [4.69, 9.17) is 4.74 Å². The van der Waals surface area contributed by atoms with Crippen molar-refractivity contribution in [2.24, 2.45) is 0 Å². The maximum absolute atomic E-state index is 13.4. The molecule has 0 saturated heterocycles. The van der Waals surface area contributed by atoms with Gasteiger partial charge in [0.2, 0.25) is 0 Å². The highest BCUT2D eigenvalue weighted by Gasteiger charge is 2.26. The lowest BCUT2D eigenvalue weighted by Gasteiger charge is -2.30. The van der Waals surface area contributed by atoms with E-state index in [9.17, 15) is 4.79 Å². The number of nitrogens with zero attached hydrogens (tertiary/aromatic N) is 6. The second-order valence-corrected chi connectivity index (χ2v) is 9.24. The number of benzene rings is 1. The second kappa shape index (κ2) is 9.07. The van der Waals surface area contributed by atoms with Crippen LogP contribution in [-0.4, -0.2) is 44.3 Å². The van der Waals surface area contributed by atoms with Crippen molar-refractivity contribution in [3.8, 4) is 17.3 Å². The van der Waals surface area contributed by atoms with Gasteiger partial charge in [-0.05, 0) is 67.3 Å². The molecule has 0 fully saturated rings. The Morgan fingerprint density at radius 3 is 2.83 bits per heavy atom. The van der Waals surface area contributed by atoms with Gasteiger partial charge in [-0.15, -0.1) is 10.2 Å². The third-order valence-electron chi connectivity index (χ3n) is 6.96. The van der Waals surface area contributed by atoms with Crippen LogP contribution in [0.2, 0.25) is 0 Å². The maximum atomic E-state index is 13.4. The number of carbonyl (C=O) groups is 1. The molecule has 36 heavy (non-hydrogen) atoms. The maximum Gasteiger partial charge on any atom is 0.260 e. The van der Waals surface area contributed by atoms with Crippen molar-refractivity contribution >= 4 is 17.5 Å². The Labute approximate surface area is 209 Å². The van der Waals surface area contributed by atoms with Gasteiger partial charge in [-0.2, -0.15) is 0 Å². The Kier molecular flexibility index (Phi) is 5.59. The molecule has 0 unspecified atom stereocenters. The molecule has 3 aromatic heterocycles. The van der Waals surface area contributed by atoms with Gasteiger partial charge in [0, 0.05) is 31.7 Å². The number of fused-ring (bicyclic) bond motifs is 2. The zero-order valence-corrected chi connectivity index (χ0v) is 20.3. The number of aryl methyl sites for hydroxylation is 1. The molecule has 9 nitrogen and oxygen atoms in total. The lowest BCUT2D eigenvalue weighted by atomic mass is 9.96. The van der Waals surface area contributed by atoms with Crippen LogP contribution in [0.4, 0.5) is 11.6 Å². The molecule has 1 amide bonds. The molecule has 0 spiro atoms. The molecule has 6 rings (SSSR count). The van der Waals surface area contributed by atoms with E-state index in [1.165, 1.54) is 5.56 Å².